The SMILES string of the molecule is Cc1cc(C[C@@H]2CN(C(=O)c3ccc(N4CCCCC4)cc3)C[C@H]2O)on1. The van der Waals surface area contributed by atoms with E-state index in [1.807, 2.05) is 37.3 Å². The van der Waals surface area contributed by atoms with E-state index in [0.29, 0.717) is 25.1 Å². The highest BCUT2D eigenvalue weighted by molar-refractivity contribution is 5.94. The van der Waals surface area contributed by atoms with Crippen molar-refractivity contribution in [2.24, 2.45) is 5.92 Å². The van der Waals surface area contributed by atoms with Crippen LogP contribution in [0.2, 0.25) is 0 Å². The van der Waals surface area contributed by atoms with Crippen molar-refractivity contribution < 1.29 is 14.4 Å². The smallest absolute Gasteiger partial charge is 0.253 e. The van der Waals surface area contributed by atoms with Crippen molar-refractivity contribution in [2.45, 2.75) is 38.7 Å². The van der Waals surface area contributed by atoms with Gasteiger partial charge in [-0.3, -0.25) is 4.79 Å². The molecule has 1 N–H and O–H groups in total. The van der Waals surface area contributed by atoms with Crippen molar-refractivity contribution in [1.82, 2.24) is 10.1 Å². The number of aliphatic hydroxyl groups excluding tert-OH is 1. The van der Waals surface area contributed by atoms with Gasteiger partial charge in [-0.2, -0.15) is 0 Å². The topological polar surface area (TPSA) is 69.8 Å². The van der Waals surface area contributed by atoms with E-state index in [-0.39, 0.29) is 11.8 Å². The summed E-state index contributed by atoms with van der Waals surface area (Å²) in [4.78, 5) is 17.0. The van der Waals surface area contributed by atoms with Gasteiger partial charge in [0.2, 0.25) is 0 Å². The Balaban J connectivity index is 1.39. The van der Waals surface area contributed by atoms with Crippen LogP contribution in [0.15, 0.2) is 34.9 Å². The minimum atomic E-state index is -0.535. The summed E-state index contributed by atoms with van der Waals surface area (Å²) in [6.45, 7) is 4.96. The molecule has 1 aromatic carbocycles. The Hall–Kier alpha value is -2.34. The summed E-state index contributed by atoms with van der Waals surface area (Å²) in [5.41, 5.74) is 2.70. The second-order valence-electron chi connectivity index (χ2n) is 7.77. The molecule has 1 amide bonds. The maximum Gasteiger partial charge on any atom is 0.253 e. The van der Waals surface area contributed by atoms with Crippen LogP contribution in [0.25, 0.3) is 0 Å². The molecule has 27 heavy (non-hydrogen) atoms. The normalized spacial score (nSPS) is 23.0. The summed E-state index contributed by atoms with van der Waals surface area (Å²) in [6, 6.07) is 9.79. The Morgan fingerprint density at radius 2 is 1.93 bits per heavy atom. The van der Waals surface area contributed by atoms with Crippen LogP contribution in [0, 0.1) is 12.8 Å². The summed E-state index contributed by atoms with van der Waals surface area (Å²) >= 11 is 0. The standard InChI is InChI=1S/C21H27N3O3/c1-15-11-19(27-22-15)12-17-13-24(14-20(17)25)21(26)16-5-7-18(8-6-16)23-9-3-2-4-10-23/h5-8,11,17,20,25H,2-4,9-10,12-14H2,1H3/t17-,20-/m1/s1. The van der Waals surface area contributed by atoms with Gasteiger partial charge in [-0.1, -0.05) is 5.16 Å². The first-order valence-corrected chi connectivity index (χ1v) is 9.85. The van der Waals surface area contributed by atoms with Gasteiger partial charge >= 0.3 is 0 Å². The number of carbonyl (C=O) groups is 1. The van der Waals surface area contributed by atoms with Crippen molar-refractivity contribution in [2.75, 3.05) is 31.1 Å². The highest BCUT2D eigenvalue weighted by atomic mass is 16.5. The van der Waals surface area contributed by atoms with Crippen molar-refractivity contribution >= 4 is 11.6 Å². The quantitative estimate of drug-likeness (QED) is 0.897. The molecule has 2 aliphatic rings. The molecular formula is C21H27N3O3. The second kappa shape index (κ2) is 7.72. The van der Waals surface area contributed by atoms with E-state index in [1.54, 1.807) is 4.90 Å². The van der Waals surface area contributed by atoms with Crippen LogP contribution < -0.4 is 4.90 Å². The monoisotopic (exact) mass is 369 g/mol. The molecule has 0 aliphatic carbocycles. The first-order chi connectivity index (χ1) is 13.1. The molecule has 0 radical (unpaired) electrons. The molecule has 6 heteroatoms. The van der Waals surface area contributed by atoms with Crippen LogP contribution in [-0.2, 0) is 6.42 Å². The third kappa shape index (κ3) is 4.00. The van der Waals surface area contributed by atoms with E-state index in [2.05, 4.69) is 10.1 Å². The fourth-order valence-corrected chi connectivity index (χ4v) is 4.14. The van der Waals surface area contributed by atoms with Gasteiger partial charge in [-0.25, -0.2) is 0 Å². The number of hydrogen-bond acceptors (Lipinski definition) is 5. The molecular weight excluding hydrogens is 342 g/mol. The van der Waals surface area contributed by atoms with E-state index in [1.165, 1.54) is 24.9 Å². The van der Waals surface area contributed by atoms with Crippen LogP contribution in [0.5, 0.6) is 0 Å². The summed E-state index contributed by atoms with van der Waals surface area (Å²) in [5.74, 6) is 0.723. The predicted molar refractivity (Wildman–Crippen MR) is 103 cm³/mol. The molecule has 0 saturated carbocycles. The summed E-state index contributed by atoms with van der Waals surface area (Å²) in [7, 11) is 0. The van der Waals surface area contributed by atoms with Gasteiger partial charge in [0, 0.05) is 55.8 Å². The van der Waals surface area contributed by atoms with E-state index in [9.17, 15) is 9.90 Å². The Morgan fingerprint density at radius 1 is 1.19 bits per heavy atom. The minimum Gasteiger partial charge on any atom is -0.391 e. The lowest BCUT2D eigenvalue weighted by Gasteiger charge is -2.29. The number of likely N-dealkylation sites (tertiary alicyclic amines) is 1. The Bertz CT molecular complexity index is 780. The van der Waals surface area contributed by atoms with Gasteiger partial charge in [0.15, 0.2) is 0 Å². The van der Waals surface area contributed by atoms with Crippen molar-refractivity contribution in [1.29, 1.82) is 0 Å². The number of amides is 1. The van der Waals surface area contributed by atoms with Gasteiger partial charge < -0.3 is 19.4 Å². The zero-order chi connectivity index (χ0) is 18.8. The lowest BCUT2D eigenvalue weighted by molar-refractivity contribution is 0.0764. The molecule has 144 valence electrons. The van der Waals surface area contributed by atoms with Gasteiger partial charge in [0.25, 0.3) is 5.91 Å². The fourth-order valence-electron chi connectivity index (χ4n) is 4.14. The van der Waals surface area contributed by atoms with E-state index in [4.69, 9.17) is 4.52 Å². The van der Waals surface area contributed by atoms with Gasteiger partial charge in [-0.15, -0.1) is 0 Å². The molecule has 2 atom stereocenters. The zero-order valence-electron chi connectivity index (χ0n) is 15.8. The molecule has 0 unspecified atom stereocenters. The number of anilines is 1. The molecule has 6 nitrogen and oxygen atoms in total. The number of carbonyl (C=O) groups excluding carboxylic acids is 1. The maximum atomic E-state index is 12.8. The third-order valence-electron chi connectivity index (χ3n) is 5.67. The number of aliphatic hydroxyl groups is 1. The molecule has 3 heterocycles. The molecule has 2 saturated heterocycles. The molecule has 2 aromatic rings. The van der Waals surface area contributed by atoms with Gasteiger partial charge in [0.05, 0.1) is 11.8 Å². The number of aromatic nitrogens is 1. The number of hydrogen-bond donors (Lipinski definition) is 1. The van der Waals surface area contributed by atoms with E-state index >= 15 is 0 Å². The van der Waals surface area contributed by atoms with Crippen molar-refractivity contribution in [3.8, 4) is 0 Å². The number of rotatable bonds is 4. The van der Waals surface area contributed by atoms with Crippen LogP contribution in [0.3, 0.4) is 0 Å². The number of aryl methyl sites for hydroxylation is 1. The summed E-state index contributed by atoms with van der Waals surface area (Å²) in [5, 5.41) is 14.3. The number of nitrogens with zero attached hydrogens (tertiary/aromatic N) is 3. The van der Waals surface area contributed by atoms with Gasteiger partial charge in [-0.05, 0) is 50.5 Å². The second-order valence-corrected chi connectivity index (χ2v) is 7.77. The molecule has 4 rings (SSSR count). The highest BCUT2D eigenvalue weighted by Crippen LogP contribution is 2.25. The van der Waals surface area contributed by atoms with Gasteiger partial charge in [0.1, 0.15) is 5.76 Å². The van der Waals surface area contributed by atoms with Crippen LogP contribution in [0.4, 0.5) is 5.69 Å². The zero-order valence-corrected chi connectivity index (χ0v) is 15.8. The Morgan fingerprint density at radius 3 is 2.59 bits per heavy atom. The van der Waals surface area contributed by atoms with E-state index in [0.717, 1.165) is 24.5 Å². The lowest BCUT2D eigenvalue weighted by Crippen LogP contribution is -2.30. The first kappa shape index (κ1) is 18.0. The largest absolute Gasteiger partial charge is 0.391 e. The number of benzene rings is 1. The molecule has 2 aliphatic heterocycles. The van der Waals surface area contributed by atoms with Crippen LogP contribution in [0.1, 0.15) is 41.1 Å². The first-order valence-electron chi connectivity index (χ1n) is 9.85. The Kier molecular flexibility index (Phi) is 5.16. The predicted octanol–water partition coefficient (Wildman–Crippen LogP) is 2.65. The van der Waals surface area contributed by atoms with Crippen molar-refractivity contribution in [3.05, 3.63) is 47.3 Å². The fraction of sp³-hybridized carbons (Fsp3) is 0.524. The molecule has 0 spiro atoms. The number of β-amino-alcohol motifs (C(OH)–C–C–N with tert-alkyl or cyclic N) is 1. The third-order valence-corrected chi connectivity index (χ3v) is 5.67. The minimum absolute atomic E-state index is 0.0181. The molecule has 0 bridgehead atoms. The average molecular weight is 369 g/mol. The van der Waals surface area contributed by atoms with Crippen LogP contribution >= 0.6 is 0 Å². The maximum absolute atomic E-state index is 12.8. The molecule has 2 fully saturated rings. The summed E-state index contributed by atoms with van der Waals surface area (Å²) in [6.07, 6.45) is 3.84. The summed E-state index contributed by atoms with van der Waals surface area (Å²) < 4.78 is 5.26. The lowest BCUT2D eigenvalue weighted by atomic mass is 10.0. The highest BCUT2D eigenvalue weighted by Gasteiger charge is 2.35. The average Bonchev–Trinajstić information content (AvgIpc) is 3.28. The van der Waals surface area contributed by atoms with Crippen LogP contribution in [-0.4, -0.2) is 53.4 Å². The van der Waals surface area contributed by atoms with Crippen molar-refractivity contribution in [3.63, 3.8) is 0 Å². The number of piperidine rings is 1. The van der Waals surface area contributed by atoms with E-state index < -0.39 is 6.10 Å². The molecule has 1 aromatic heterocycles. The Labute approximate surface area is 159 Å².